The third kappa shape index (κ3) is 3.32. The maximum Gasteiger partial charge on any atom is 0.246 e. The fraction of sp³-hybridized carbons (Fsp3) is 0.429. The molecule has 5 nitrogen and oxygen atoms in total. The van der Waals surface area contributed by atoms with Gasteiger partial charge in [-0.3, -0.25) is 9.59 Å². The van der Waals surface area contributed by atoms with E-state index in [4.69, 9.17) is 5.73 Å². The Morgan fingerprint density at radius 1 is 1.32 bits per heavy atom. The second-order valence-corrected chi connectivity index (χ2v) is 5.55. The van der Waals surface area contributed by atoms with E-state index in [2.05, 4.69) is 5.32 Å². The lowest BCUT2D eigenvalue weighted by molar-refractivity contribution is -0.128. The number of nitrogens with two attached hydrogens (primary N) is 1. The van der Waals surface area contributed by atoms with E-state index in [9.17, 15) is 9.59 Å². The number of rotatable bonds is 3. The molecule has 2 amide bonds. The lowest BCUT2D eigenvalue weighted by Crippen LogP contribution is -2.52. The van der Waals surface area contributed by atoms with Gasteiger partial charge in [0.05, 0.1) is 6.54 Å². The van der Waals surface area contributed by atoms with E-state index in [1.807, 2.05) is 38.1 Å². The standard InChI is InChI=1S/C14H19N3O2/c1-14(2,15)7-10-5-3-4-6-11(10)17-9-12(18)16-8-13(17)19/h3-6H,7-9,15H2,1-2H3,(H,16,18). The summed E-state index contributed by atoms with van der Waals surface area (Å²) in [5, 5.41) is 2.54. The molecule has 0 atom stereocenters. The summed E-state index contributed by atoms with van der Waals surface area (Å²) in [6, 6.07) is 7.59. The van der Waals surface area contributed by atoms with E-state index < -0.39 is 0 Å². The summed E-state index contributed by atoms with van der Waals surface area (Å²) in [5.41, 5.74) is 7.44. The molecule has 19 heavy (non-hydrogen) atoms. The van der Waals surface area contributed by atoms with Gasteiger partial charge in [-0.2, -0.15) is 0 Å². The highest BCUT2D eigenvalue weighted by atomic mass is 16.2. The SMILES string of the molecule is CC(C)(N)Cc1ccccc1N1CC(=O)NCC1=O. The topological polar surface area (TPSA) is 75.4 Å². The molecule has 0 bridgehead atoms. The minimum Gasteiger partial charge on any atom is -0.345 e. The van der Waals surface area contributed by atoms with Gasteiger partial charge in [0.15, 0.2) is 0 Å². The van der Waals surface area contributed by atoms with Gasteiger partial charge in [-0.1, -0.05) is 18.2 Å². The van der Waals surface area contributed by atoms with Crippen LogP contribution in [0.4, 0.5) is 5.69 Å². The van der Waals surface area contributed by atoms with Crippen LogP contribution < -0.4 is 16.0 Å². The third-order valence-electron chi connectivity index (χ3n) is 2.97. The van der Waals surface area contributed by atoms with Gasteiger partial charge in [-0.25, -0.2) is 0 Å². The number of para-hydroxylation sites is 1. The lowest BCUT2D eigenvalue weighted by Gasteiger charge is -2.30. The fourth-order valence-electron chi connectivity index (χ4n) is 2.19. The van der Waals surface area contributed by atoms with Gasteiger partial charge in [0.25, 0.3) is 0 Å². The fourth-order valence-corrected chi connectivity index (χ4v) is 2.19. The van der Waals surface area contributed by atoms with Crippen molar-refractivity contribution in [3.8, 4) is 0 Å². The molecule has 0 aliphatic carbocycles. The molecule has 5 heteroatoms. The number of hydrogen-bond donors (Lipinski definition) is 2. The van der Waals surface area contributed by atoms with Gasteiger partial charge >= 0.3 is 0 Å². The minimum absolute atomic E-state index is 0.0547. The Labute approximate surface area is 112 Å². The normalized spacial score (nSPS) is 16.5. The monoisotopic (exact) mass is 261 g/mol. The van der Waals surface area contributed by atoms with Crippen LogP contribution in [-0.4, -0.2) is 30.4 Å². The van der Waals surface area contributed by atoms with Crippen LogP contribution in [0.25, 0.3) is 0 Å². The summed E-state index contributed by atoms with van der Waals surface area (Å²) in [5.74, 6) is -0.233. The number of anilines is 1. The zero-order valence-electron chi connectivity index (χ0n) is 11.3. The van der Waals surface area contributed by atoms with Gasteiger partial charge < -0.3 is 16.0 Å². The lowest BCUT2D eigenvalue weighted by atomic mass is 9.94. The van der Waals surface area contributed by atoms with Gasteiger partial charge in [-0.15, -0.1) is 0 Å². The van der Waals surface area contributed by atoms with Crippen LogP contribution in [0.15, 0.2) is 24.3 Å². The third-order valence-corrected chi connectivity index (χ3v) is 2.97. The molecule has 1 aromatic rings. The van der Waals surface area contributed by atoms with E-state index in [-0.39, 0.29) is 30.4 Å². The molecule has 0 unspecified atom stereocenters. The molecule has 1 aromatic carbocycles. The van der Waals surface area contributed by atoms with Crippen molar-refractivity contribution < 1.29 is 9.59 Å². The molecule has 3 N–H and O–H groups in total. The maximum atomic E-state index is 11.9. The molecule has 1 fully saturated rings. The Kier molecular flexibility index (Phi) is 3.57. The first-order valence-corrected chi connectivity index (χ1v) is 6.31. The van der Waals surface area contributed by atoms with Crippen LogP contribution in [0.5, 0.6) is 0 Å². The molecule has 0 spiro atoms. The summed E-state index contributed by atoms with van der Waals surface area (Å²) in [4.78, 5) is 24.9. The van der Waals surface area contributed by atoms with Crippen LogP contribution in [0.2, 0.25) is 0 Å². The number of nitrogens with zero attached hydrogens (tertiary/aromatic N) is 1. The largest absolute Gasteiger partial charge is 0.345 e. The predicted octanol–water partition coefficient (Wildman–Crippen LogP) is 0.429. The van der Waals surface area contributed by atoms with Crippen molar-refractivity contribution in [2.75, 3.05) is 18.0 Å². The van der Waals surface area contributed by atoms with Crippen LogP contribution in [0, 0.1) is 0 Å². The Hall–Kier alpha value is -1.88. The number of benzene rings is 1. The first kappa shape index (κ1) is 13.5. The van der Waals surface area contributed by atoms with E-state index in [1.54, 1.807) is 0 Å². The Balaban J connectivity index is 2.33. The Morgan fingerprint density at radius 3 is 2.68 bits per heavy atom. The predicted molar refractivity (Wildman–Crippen MR) is 73.8 cm³/mol. The number of hydrogen-bond acceptors (Lipinski definition) is 3. The van der Waals surface area contributed by atoms with Gasteiger partial charge in [0.2, 0.25) is 11.8 Å². The second-order valence-electron chi connectivity index (χ2n) is 5.55. The molecular weight excluding hydrogens is 242 g/mol. The van der Waals surface area contributed by atoms with Crippen molar-refractivity contribution in [2.45, 2.75) is 25.8 Å². The molecule has 1 aliphatic heterocycles. The minimum atomic E-state index is -0.364. The van der Waals surface area contributed by atoms with Crippen molar-refractivity contribution in [3.63, 3.8) is 0 Å². The highest BCUT2D eigenvalue weighted by Crippen LogP contribution is 2.24. The summed E-state index contributed by atoms with van der Waals surface area (Å²) in [7, 11) is 0. The maximum absolute atomic E-state index is 11.9. The van der Waals surface area contributed by atoms with E-state index in [1.165, 1.54) is 4.90 Å². The van der Waals surface area contributed by atoms with Gasteiger partial charge in [0.1, 0.15) is 6.54 Å². The van der Waals surface area contributed by atoms with Crippen molar-refractivity contribution in [1.29, 1.82) is 0 Å². The second kappa shape index (κ2) is 5.01. The first-order valence-electron chi connectivity index (χ1n) is 6.31. The summed E-state index contributed by atoms with van der Waals surface area (Å²) >= 11 is 0. The number of carbonyl (C=O) groups excluding carboxylic acids is 2. The molecule has 1 saturated heterocycles. The first-order chi connectivity index (χ1) is 8.87. The summed E-state index contributed by atoms with van der Waals surface area (Å²) in [6.45, 7) is 4.00. The van der Waals surface area contributed by atoms with Crippen LogP contribution in [0.3, 0.4) is 0 Å². The molecule has 102 valence electrons. The zero-order chi connectivity index (χ0) is 14.0. The number of carbonyl (C=O) groups is 2. The summed E-state index contributed by atoms with van der Waals surface area (Å²) < 4.78 is 0. The molecule has 2 rings (SSSR count). The average molecular weight is 261 g/mol. The van der Waals surface area contributed by atoms with Gasteiger partial charge in [-0.05, 0) is 31.9 Å². The highest BCUT2D eigenvalue weighted by molar-refractivity contribution is 6.04. The van der Waals surface area contributed by atoms with Gasteiger partial charge in [0, 0.05) is 11.2 Å². The van der Waals surface area contributed by atoms with E-state index in [0.717, 1.165) is 11.3 Å². The summed E-state index contributed by atoms with van der Waals surface area (Å²) in [6.07, 6.45) is 0.647. The van der Waals surface area contributed by atoms with Crippen LogP contribution in [0.1, 0.15) is 19.4 Å². The molecule has 1 heterocycles. The molecular formula is C14H19N3O2. The van der Waals surface area contributed by atoms with E-state index >= 15 is 0 Å². The molecule has 0 saturated carbocycles. The molecule has 1 aliphatic rings. The number of nitrogens with one attached hydrogen (secondary N) is 1. The van der Waals surface area contributed by atoms with E-state index in [0.29, 0.717) is 6.42 Å². The molecule has 0 radical (unpaired) electrons. The van der Waals surface area contributed by atoms with Crippen LogP contribution >= 0.6 is 0 Å². The Bertz CT molecular complexity index is 506. The zero-order valence-corrected chi connectivity index (χ0v) is 11.3. The van der Waals surface area contributed by atoms with Crippen molar-refractivity contribution in [3.05, 3.63) is 29.8 Å². The van der Waals surface area contributed by atoms with Crippen molar-refractivity contribution >= 4 is 17.5 Å². The number of amides is 2. The highest BCUT2D eigenvalue weighted by Gasteiger charge is 2.26. The number of piperazine rings is 1. The van der Waals surface area contributed by atoms with Crippen LogP contribution in [-0.2, 0) is 16.0 Å². The van der Waals surface area contributed by atoms with Crippen molar-refractivity contribution in [1.82, 2.24) is 5.32 Å². The molecule has 0 aromatic heterocycles. The Morgan fingerprint density at radius 2 is 2.00 bits per heavy atom. The smallest absolute Gasteiger partial charge is 0.246 e. The average Bonchev–Trinajstić information content (AvgIpc) is 2.31. The quantitative estimate of drug-likeness (QED) is 0.828. The van der Waals surface area contributed by atoms with Crippen molar-refractivity contribution in [2.24, 2.45) is 5.73 Å².